The first-order valence-corrected chi connectivity index (χ1v) is 9.17. The van der Waals surface area contributed by atoms with E-state index in [1.54, 1.807) is 19.2 Å². The lowest BCUT2D eigenvalue weighted by molar-refractivity contribution is 0.102. The van der Waals surface area contributed by atoms with Crippen molar-refractivity contribution in [2.75, 3.05) is 20.3 Å². The highest BCUT2D eigenvalue weighted by atomic mass is 28.4. The van der Waals surface area contributed by atoms with Crippen molar-refractivity contribution in [2.45, 2.75) is 13.8 Å². The van der Waals surface area contributed by atoms with Crippen LogP contribution in [-0.4, -0.2) is 29.1 Å². The van der Waals surface area contributed by atoms with Gasteiger partial charge in [0.2, 0.25) is 0 Å². The van der Waals surface area contributed by atoms with Gasteiger partial charge in [0.25, 0.3) is 0 Å². The van der Waals surface area contributed by atoms with Crippen molar-refractivity contribution in [3.8, 4) is 11.1 Å². The van der Waals surface area contributed by atoms with Gasteiger partial charge in [-0.05, 0) is 37.1 Å². The number of rotatable bonds is 7. The number of hydrogen-bond acceptors (Lipinski definition) is 3. The molecule has 124 valence electrons. The van der Waals surface area contributed by atoms with Crippen LogP contribution in [0.25, 0.3) is 11.1 Å². The van der Waals surface area contributed by atoms with Crippen molar-refractivity contribution in [2.24, 2.45) is 0 Å². The third kappa shape index (κ3) is 4.03. The molecular formula is C17H20F2O3Si. The minimum Gasteiger partial charge on any atom is -0.373 e. The van der Waals surface area contributed by atoms with E-state index in [2.05, 4.69) is 0 Å². The zero-order chi connectivity index (χ0) is 16.9. The van der Waals surface area contributed by atoms with Crippen LogP contribution in [0.2, 0.25) is 0 Å². The van der Waals surface area contributed by atoms with Crippen LogP contribution < -0.4 is 5.19 Å². The molecule has 0 unspecified atom stereocenters. The highest BCUT2D eigenvalue weighted by Gasteiger charge is 2.42. The zero-order valence-corrected chi connectivity index (χ0v) is 14.4. The van der Waals surface area contributed by atoms with Gasteiger partial charge in [-0.15, -0.1) is 0 Å². The molecule has 0 spiro atoms. The molecular weight excluding hydrogens is 318 g/mol. The number of halogens is 2. The van der Waals surface area contributed by atoms with Gasteiger partial charge in [-0.1, -0.05) is 24.3 Å². The average molecular weight is 338 g/mol. The Balaban J connectivity index is 2.37. The fourth-order valence-corrected chi connectivity index (χ4v) is 4.63. The maximum absolute atomic E-state index is 13.3. The van der Waals surface area contributed by atoms with Crippen molar-refractivity contribution in [1.29, 1.82) is 0 Å². The minimum absolute atomic E-state index is 0.469. The molecule has 3 nitrogen and oxygen atoms in total. The van der Waals surface area contributed by atoms with E-state index >= 15 is 0 Å². The minimum atomic E-state index is -2.94. The van der Waals surface area contributed by atoms with Crippen LogP contribution in [0.3, 0.4) is 0 Å². The second-order valence-corrected chi connectivity index (χ2v) is 7.54. The van der Waals surface area contributed by atoms with Crippen molar-refractivity contribution < 1.29 is 22.1 Å². The maximum atomic E-state index is 13.3. The highest BCUT2D eigenvalue weighted by Crippen LogP contribution is 2.22. The molecule has 0 heterocycles. The molecule has 23 heavy (non-hydrogen) atoms. The van der Waals surface area contributed by atoms with Gasteiger partial charge >= 0.3 is 8.80 Å². The topological polar surface area (TPSA) is 27.7 Å². The summed E-state index contributed by atoms with van der Waals surface area (Å²) in [5.41, 5.74) is 1.19. The van der Waals surface area contributed by atoms with E-state index in [9.17, 15) is 8.78 Å². The van der Waals surface area contributed by atoms with Crippen LogP contribution in [0, 0.1) is 11.6 Å². The third-order valence-electron chi connectivity index (χ3n) is 3.37. The van der Waals surface area contributed by atoms with E-state index in [1.165, 1.54) is 12.1 Å². The average Bonchev–Trinajstić information content (AvgIpc) is 2.54. The largest absolute Gasteiger partial charge is 0.536 e. The lowest BCUT2D eigenvalue weighted by Gasteiger charge is -2.27. The first kappa shape index (κ1) is 17.7. The summed E-state index contributed by atoms with van der Waals surface area (Å²) < 4.78 is 43.8. The van der Waals surface area contributed by atoms with Gasteiger partial charge in [-0.25, -0.2) is 8.78 Å². The van der Waals surface area contributed by atoms with E-state index in [0.29, 0.717) is 24.3 Å². The van der Waals surface area contributed by atoms with Crippen LogP contribution in [0.4, 0.5) is 8.78 Å². The monoisotopic (exact) mass is 338 g/mol. The van der Waals surface area contributed by atoms with Crippen LogP contribution in [0.5, 0.6) is 0 Å². The Bertz CT molecular complexity index is 621. The predicted octanol–water partition coefficient (Wildman–Crippen LogP) is 3.50. The summed E-state index contributed by atoms with van der Waals surface area (Å²) in [4.78, 5) is 0. The Kier molecular flexibility index (Phi) is 6.01. The molecule has 2 aromatic rings. The quantitative estimate of drug-likeness (QED) is 0.723. The molecule has 0 aliphatic heterocycles. The number of benzene rings is 2. The molecule has 0 aliphatic rings. The lowest BCUT2D eigenvalue weighted by Crippen LogP contribution is -2.56. The highest BCUT2D eigenvalue weighted by molar-refractivity contribution is 6.75. The van der Waals surface area contributed by atoms with E-state index in [1.807, 2.05) is 26.0 Å². The molecule has 0 N–H and O–H groups in total. The van der Waals surface area contributed by atoms with Gasteiger partial charge in [-0.3, -0.25) is 0 Å². The van der Waals surface area contributed by atoms with Gasteiger partial charge in [0.05, 0.1) is 0 Å². The molecule has 0 bridgehead atoms. The Morgan fingerprint density at radius 1 is 0.826 bits per heavy atom. The summed E-state index contributed by atoms with van der Waals surface area (Å²) in [5, 5.41) is 0.810. The second-order valence-electron chi connectivity index (χ2n) is 4.86. The fraction of sp³-hybridized carbons (Fsp3) is 0.294. The normalized spacial score (nSPS) is 11.7. The smallest absolute Gasteiger partial charge is 0.373 e. The molecule has 0 radical (unpaired) electrons. The van der Waals surface area contributed by atoms with Crippen LogP contribution in [0.15, 0.2) is 42.5 Å². The molecule has 0 atom stereocenters. The molecule has 0 saturated carbocycles. The Morgan fingerprint density at radius 3 is 1.78 bits per heavy atom. The summed E-state index contributed by atoms with van der Waals surface area (Å²) in [6.45, 7) is 4.70. The molecule has 6 heteroatoms. The molecule has 0 saturated heterocycles. The summed E-state index contributed by atoms with van der Waals surface area (Å²) in [7, 11) is -1.38. The molecule has 0 aromatic heterocycles. The first-order chi connectivity index (χ1) is 11.0. The Hall–Kier alpha value is -1.60. The van der Waals surface area contributed by atoms with Crippen molar-refractivity contribution in [1.82, 2.24) is 0 Å². The SMILES string of the molecule is CCO[Si](OC)(OCC)c1ccc(-c2cc(F)cc(F)c2)cc1. The zero-order valence-electron chi connectivity index (χ0n) is 13.4. The van der Waals surface area contributed by atoms with Gasteiger partial charge in [0.1, 0.15) is 11.6 Å². The second kappa shape index (κ2) is 7.78. The van der Waals surface area contributed by atoms with Crippen LogP contribution >= 0.6 is 0 Å². The molecule has 0 fully saturated rings. The maximum Gasteiger partial charge on any atom is 0.536 e. The summed E-state index contributed by atoms with van der Waals surface area (Å²) in [6, 6.07) is 10.6. The van der Waals surface area contributed by atoms with Crippen LogP contribution in [0.1, 0.15) is 13.8 Å². The van der Waals surface area contributed by atoms with Gasteiger partial charge < -0.3 is 13.3 Å². The van der Waals surface area contributed by atoms with E-state index in [-0.39, 0.29) is 0 Å². The fourth-order valence-electron chi connectivity index (χ4n) is 2.41. The van der Waals surface area contributed by atoms with E-state index < -0.39 is 20.4 Å². The van der Waals surface area contributed by atoms with Crippen molar-refractivity contribution in [3.05, 3.63) is 54.1 Å². The lowest BCUT2D eigenvalue weighted by atomic mass is 10.1. The molecule has 2 aromatic carbocycles. The summed E-state index contributed by atoms with van der Waals surface area (Å²) >= 11 is 0. The Morgan fingerprint density at radius 2 is 1.35 bits per heavy atom. The Labute approximate surface area is 136 Å². The van der Waals surface area contributed by atoms with Crippen molar-refractivity contribution >= 4 is 14.0 Å². The third-order valence-corrected chi connectivity index (χ3v) is 6.29. The van der Waals surface area contributed by atoms with Crippen molar-refractivity contribution in [3.63, 3.8) is 0 Å². The molecule has 2 rings (SSSR count). The van der Waals surface area contributed by atoms with Crippen LogP contribution in [-0.2, 0) is 13.3 Å². The first-order valence-electron chi connectivity index (χ1n) is 7.44. The predicted molar refractivity (Wildman–Crippen MR) is 87.4 cm³/mol. The molecule has 0 aliphatic carbocycles. The summed E-state index contributed by atoms with van der Waals surface area (Å²) in [6.07, 6.45) is 0. The molecule has 0 amide bonds. The number of hydrogen-bond donors (Lipinski definition) is 0. The summed E-state index contributed by atoms with van der Waals surface area (Å²) in [5.74, 6) is -1.21. The van der Waals surface area contributed by atoms with Gasteiger partial charge in [-0.2, -0.15) is 0 Å². The van der Waals surface area contributed by atoms with E-state index in [4.69, 9.17) is 13.3 Å². The standard InChI is InChI=1S/C17H20F2O3Si/c1-4-21-23(20-3,22-5-2)17-8-6-13(7-9-17)14-10-15(18)12-16(19)11-14/h6-12H,4-5H2,1-3H3. The van der Waals surface area contributed by atoms with Gasteiger partial charge in [0.15, 0.2) is 0 Å². The van der Waals surface area contributed by atoms with E-state index in [0.717, 1.165) is 11.3 Å². The van der Waals surface area contributed by atoms with Gasteiger partial charge in [0, 0.05) is 31.6 Å².